The van der Waals surface area contributed by atoms with Crippen molar-refractivity contribution in [3.05, 3.63) is 0 Å². The molecule has 4 heteroatoms. The van der Waals surface area contributed by atoms with Gasteiger partial charge in [0.05, 0.1) is 14.3 Å². The molecule has 0 saturated heterocycles. The van der Waals surface area contributed by atoms with Crippen molar-refractivity contribution in [3.63, 3.8) is 0 Å². The van der Waals surface area contributed by atoms with Gasteiger partial charge in [-0.2, -0.15) is 0 Å². The van der Waals surface area contributed by atoms with Gasteiger partial charge in [0.2, 0.25) is 0 Å². The number of hydrogen-bond donors (Lipinski definition) is 0. The fourth-order valence-electron chi connectivity index (χ4n) is 0.954. The normalized spacial score (nSPS) is 12.6. The van der Waals surface area contributed by atoms with Gasteiger partial charge < -0.3 is 9.13 Å². The predicted octanol–water partition coefficient (Wildman–Crippen LogP) is 4.82. The molecule has 0 atom stereocenters. The lowest BCUT2D eigenvalue weighted by Gasteiger charge is -2.17. The third kappa shape index (κ3) is 7.69. The molecule has 0 aliphatic heterocycles. The van der Waals surface area contributed by atoms with Gasteiger partial charge in [0, 0.05) is 11.3 Å². The molecule has 0 spiro atoms. The Morgan fingerprint density at radius 3 is 1.06 bits per heavy atom. The molecular weight excluding hydrogens is 238 g/mol. The SMILES string of the molecule is CC(C)P(C)(C)=O.CCP(=O)(CC)C(C)C. The predicted molar refractivity (Wildman–Crippen MR) is 78.4 cm³/mol. The molecular formula is C12H30O2P2. The maximum Gasteiger partial charge on any atom is 0.0896 e. The minimum absolute atomic E-state index is 0.354. The van der Waals surface area contributed by atoms with E-state index in [0.29, 0.717) is 11.3 Å². The first-order valence-corrected chi connectivity index (χ1v) is 10.9. The lowest BCUT2D eigenvalue weighted by molar-refractivity contribution is 0.569. The highest BCUT2D eigenvalue weighted by Gasteiger charge is 2.20. The molecule has 16 heavy (non-hydrogen) atoms. The van der Waals surface area contributed by atoms with E-state index in [-0.39, 0.29) is 0 Å². The largest absolute Gasteiger partial charge is 0.324 e. The molecule has 0 N–H and O–H groups in total. The minimum atomic E-state index is -1.75. The first kappa shape index (κ1) is 18.8. The molecule has 2 nitrogen and oxygen atoms in total. The second-order valence-electron chi connectivity index (χ2n) is 5.21. The van der Waals surface area contributed by atoms with Gasteiger partial charge in [0.25, 0.3) is 0 Å². The van der Waals surface area contributed by atoms with E-state index in [0.717, 1.165) is 12.3 Å². The highest BCUT2D eigenvalue weighted by molar-refractivity contribution is 7.64. The van der Waals surface area contributed by atoms with Gasteiger partial charge in [-0.3, -0.25) is 0 Å². The van der Waals surface area contributed by atoms with Crippen molar-refractivity contribution in [2.24, 2.45) is 0 Å². The fourth-order valence-corrected chi connectivity index (χ4v) is 2.86. The summed E-state index contributed by atoms with van der Waals surface area (Å²) in [6.45, 7) is 15.7. The summed E-state index contributed by atoms with van der Waals surface area (Å²) in [6, 6.07) is 0. The monoisotopic (exact) mass is 268 g/mol. The molecule has 0 radical (unpaired) electrons. The zero-order valence-electron chi connectivity index (χ0n) is 12.3. The Hall–Kier alpha value is 0.460. The lowest BCUT2D eigenvalue weighted by Crippen LogP contribution is -2.01. The molecule has 0 amide bonds. The van der Waals surface area contributed by atoms with Gasteiger partial charge in [-0.1, -0.05) is 41.5 Å². The first-order valence-electron chi connectivity index (χ1n) is 6.13. The molecule has 0 aromatic heterocycles. The van der Waals surface area contributed by atoms with Crippen molar-refractivity contribution in [1.29, 1.82) is 0 Å². The Labute approximate surface area is 102 Å². The summed E-state index contributed by atoms with van der Waals surface area (Å²) in [5, 5.41) is 0. The molecule has 0 aliphatic rings. The van der Waals surface area contributed by atoms with Crippen LogP contribution in [0.3, 0.4) is 0 Å². The van der Waals surface area contributed by atoms with Crippen molar-refractivity contribution < 1.29 is 9.13 Å². The second-order valence-corrected chi connectivity index (χ2v) is 13.3. The van der Waals surface area contributed by atoms with E-state index in [1.807, 2.05) is 54.9 Å². The molecule has 0 heterocycles. The zero-order chi connectivity index (χ0) is 13.6. The summed E-state index contributed by atoms with van der Waals surface area (Å²) in [5.74, 6) is 0. The van der Waals surface area contributed by atoms with Crippen LogP contribution in [0.4, 0.5) is 0 Å². The topological polar surface area (TPSA) is 34.1 Å². The van der Waals surface area contributed by atoms with Crippen molar-refractivity contribution in [1.82, 2.24) is 0 Å². The highest BCUT2D eigenvalue weighted by atomic mass is 31.2. The van der Waals surface area contributed by atoms with E-state index in [2.05, 4.69) is 0 Å². The smallest absolute Gasteiger partial charge is 0.0896 e. The Balaban J connectivity index is 0. The van der Waals surface area contributed by atoms with Gasteiger partial charge in [-0.15, -0.1) is 0 Å². The number of hydrogen-bond acceptors (Lipinski definition) is 2. The zero-order valence-corrected chi connectivity index (χ0v) is 14.1. The summed E-state index contributed by atoms with van der Waals surface area (Å²) in [4.78, 5) is 0. The van der Waals surface area contributed by atoms with E-state index >= 15 is 0 Å². The van der Waals surface area contributed by atoms with Crippen LogP contribution in [0.2, 0.25) is 0 Å². The Bertz CT molecular complexity index is 256. The summed E-state index contributed by atoms with van der Waals surface area (Å²) in [6.07, 6.45) is 1.72. The molecule has 0 unspecified atom stereocenters. The van der Waals surface area contributed by atoms with Gasteiger partial charge in [0.1, 0.15) is 0 Å². The maximum atomic E-state index is 11.7. The standard InChI is InChI=1S/C7H17OP.C5H13OP/c1-5-9(8,6-2)7(3)4;1-5(2)7(3,4)6/h7H,5-6H2,1-4H3;5H,1-4H3. The molecule has 100 valence electrons. The van der Waals surface area contributed by atoms with Crippen molar-refractivity contribution >= 4 is 14.3 Å². The van der Waals surface area contributed by atoms with Gasteiger partial charge in [-0.05, 0) is 25.7 Å². The Morgan fingerprint density at radius 2 is 1.06 bits per heavy atom. The average molecular weight is 268 g/mol. The number of rotatable bonds is 4. The third-order valence-electron chi connectivity index (χ3n) is 3.26. The van der Waals surface area contributed by atoms with Crippen LogP contribution in [0.15, 0.2) is 0 Å². The van der Waals surface area contributed by atoms with Crippen LogP contribution < -0.4 is 0 Å². The molecule has 0 aromatic rings. The third-order valence-corrected chi connectivity index (χ3v) is 9.77. The minimum Gasteiger partial charge on any atom is -0.324 e. The second kappa shape index (κ2) is 7.72. The fraction of sp³-hybridized carbons (Fsp3) is 1.00. The molecule has 0 fully saturated rings. The van der Waals surface area contributed by atoms with Gasteiger partial charge in [-0.25, -0.2) is 0 Å². The summed E-state index contributed by atoms with van der Waals surface area (Å²) >= 11 is 0. The van der Waals surface area contributed by atoms with Crippen LogP contribution in [0.1, 0.15) is 41.5 Å². The Morgan fingerprint density at radius 1 is 0.812 bits per heavy atom. The summed E-state index contributed by atoms with van der Waals surface area (Å²) < 4.78 is 22.6. The van der Waals surface area contributed by atoms with Crippen molar-refractivity contribution in [2.75, 3.05) is 25.7 Å². The van der Waals surface area contributed by atoms with Crippen molar-refractivity contribution in [2.45, 2.75) is 52.9 Å². The molecule has 0 bridgehead atoms. The van der Waals surface area contributed by atoms with E-state index in [9.17, 15) is 9.13 Å². The van der Waals surface area contributed by atoms with Crippen LogP contribution in [-0.4, -0.2) is 37.0 Å². The average Bonchev–Trinajstić information content (AvgIpc) is 2.15. The van der Waals surface area contributed by atoms with E-state index in [1.54, 1.807) is 0 Å². The van der Waals surface area contributed by atoms with Crippen LogP contribution in [0.25, 0.3) is 0 Å². The molecule has 0 aliphatic carbocycles. The van der Waals surface area contributed by atoms with Gasteiger partial charge in [0.15, 0.2) is 0 Å². The van der Waals surface area contributed by atoms with E-state index < -0.39 is 14.3 Å². The van der Waals surface area contributed by atoms with Gasteiger partial charge >= 0.3 is 0 Å². The van der Waals surface area contributed by atoms with Crippen LogP contribution in [0, 0.1) is 0 Å². The maximum absolute atomic E-state index is 11.7. The van der Waals surface area contributed by atoms with Crippen LogP contribution >= 0.6 is 14.3 Å². The molecule has 0 saturated carbocycles. The summed E-state index contributed by atoms with van der Waals surface area (Å²) in [5.41, 5.74) is 0.736. The van der Waals surface area contributed by atoms with Crippen LogP contribution in [0.5, 0.6) is 0 Å². The Kier molecular flexibility index (Phi) is 9.08. The van der Waals surface area contributed by atoms with E-state index in [4.69, 9.17) is 0 Å². The molecule has 0 rings (SSSR count). The summed E-state index contributed by atoms with van der Waals surface area (Å²) in [7, 11) is -3.49. The lowest BCUT2D eigenvalue weighted by atomic mass is 10.6. The quantitative estimate of drug-likeness (QED) is 0.685. The van der Waals surface area contributed by atoms with E-state index in [1.165, 1.54) is 0 Å². The van der Waals surface area contributed by atoms with Crippen LogP contribution in [-0.2, 0) is 9.13 Å². The molecule has 0 aromatic carbocycles. The highest BCUT2D eigenvalue weighted by Crippen LogP contribution is 2.49. The first-order chi connectivity index (χ1) is 7.01. The van der Waals surface area contributed by atoms with Crippen molar-refractivity contribution in [3.8, 4) is 0 Å².